The van der Waals surface area contributed by atoms with Crippen molar-refractivity contribution in [3.8, 4) is 0 Å². The number of nitrogens with one attached hydrogen (secondary N) is 1. The molecular formula is C21H24N2O3. The van der Waals surface area contributed by atoms with Crippen molar-refractivity contribution in [3.63, 3.8) is 0 Å². The summed E-state index contributed by atoms with van der Waals surface area (Å²) in [5.74, 6) is -0.0296. The Balaban J connectivity index is 1.39. The second kappa shape index (κ2) is 7.98. The molecule has 2 atom stereocenters. The van der Waals surface area contributed by atoms with E-state index in [1.807, 2.05) is 30.3 Å². The minimum Gasteiger partial charge on any atom is -0.379 e. The quantitative estimate of drug-likeness (QED) is 0.899. The lowest BCUT2D eigenvalue weighted by molar-refractivity contribution is -0.0743. The van der Waals surface area contributed by atoms with Crippen LogP contribution in [-0.4, -0.2) is 36.3 Å². The standard InChI is InChI=1S/C21H24N2O3/c24-21(17-8-7-15-4-3-5-16(15)12-17)23-19-9-11-25-14-20(19)26-13-18-6-1-2-10-22-18/h1-2,6-8,10,12,19-20H,3-5,9,11,13-14H2,(H,23,24)/t19-,20-/m1/s1. The number of nitrogens with zero attached hydrogens (tertiary/aromatic N) is 1. The summed E-state index contributed by atoms with van der Waals surface area (Å²) < 4.78 is 11.5. The molecule has 1 fully saturated rings. The molecule has 1 N–H and O–H groups in total. The summed E-state index contributed by atoms with van der Waals surface area (Å²) in [7, 11) is 0. The zero-order chi connectivity index (χ0) is 17.8. The minimum atomic E-state index is -0.163. The molecule has 5 heteroatoms. The average molecular weight is 352 g/mol. The van der Waals surface area contributed by atoms with Crippen LogP contribution in [0.25, 0.3) is 0 Å². The predicted molar refractivity (Wildman–Crippen MR) is 98.0 cm³/mol. The number of benzene rings is 1. The van der Waals surface area contributed by atoms with Gasteiger partial charge >= 0.3 is 0 Å². The summed E-state index contributed by atoms with van der Waals surface area (Å²) in [5, 5.41) is 3.15. The number of hydrogen-bond acceptors (Lipinski definition) is 4. The van der Waals surface area contributed by atoms with Crippen LogP contribution in [0.5, 0.6) is 0 Å². The molecule has 1 aromatic carbocycles. The van der Waals surface area contributed by atoms with Gasteiger partial charge in [-0.1, -0.05) is 12.1 Å². The first-order valence-electron chi connectivity index (χ1n) is 9.31. The molecule has 5 nitrogen and oxygen atoms in total. The highest BCUT2D eigenvalue weighted by molar-refractivity contribution is 5.94. The Labute approximate surface area is 153 Å². The maximum Gasteiger partial charge on any atom is 0.251 e. The second-order valence-electron chi connectivity index (χ2n) is 6.95. The van der Waals surface area contributed by atoms with Gasteiger partial charge in [0.2, 0.25) is 0 Å². The van der Waals surface area contributed by atoms with Gasteiger partial charge in [-0.3, -0.25) is 9.78 Å². The molecule has 0 radical (unpaired) electrons. The van der Waals surface area contributed by atoms with Gasteiger partial charge in [0.25, 0.3) is 5.91 Å². The zero-order valence-corrected chi connectivity index (χ0v) is 14.8. The number of aryl methyl sites for hydroxylation is 2. The van der Waals surface area contributed by atoms with Gasteiger partial charge in [0.15, 0.2) is 0 Å². The maximum atomic E-state index is 12.7. The van der Waals surface area contributed by atoms with E-state index < -0.39 is 0 Å². The smallest absolute Gasteiger partial charge is 0.251 e. The van der Waals surface area contributed by atoms with Crippen LogP contribution < -0.4 is 5.32 Å². The Morgan fingerprint density at radius 3 is 3.04 bits per heavy atom. The van der Waals surface area contributed by atoms with Crippen LogP contribution in [0.2, 0.25) is 0 Å². The molecule has 2 aromatic rings. The van der Waals surface area contributed by atoms with Crippen LogP contribution in [0.15, 0.2) is 42.6 Å². The molecule has 0 bridgehead atoms. The summed E-state index contributed by atoms with van der Waals surface area (Å²) in [6.07, 6.45) is 5.73. The zero-order valence-electron chi connectivity index (χ0n) is 14.8. The van der Waals surface area contributed by atoms with Crippen molar-refractivity contribution < 1.29 is 14.3 Å². The summed E-state index contributed by atoms with van der Waals surface area (Å²) in [6, 6.07) is 11.8. The van der Waals surface area contributed by atoms with Gasteiger partial charge in [-0.25, -0.2) is 0 Å². The molecule has 0 spiro atoms. The van der Waals surface area contributed by atoms with Crippen molar-refractivity contribution in [3.05, 3.63) is 65.0 Å². The van der Waals surface area contributed by atoms with Crippen molar-refractivity contribution in [1.82, 2.24) is 10.3 Å². The summed E-state index contributed by atoms with van der Waals surface area (Å²) in [6.45, 7) is 1.54. The number of pyridine rings is 1. The Hall–Kier alpha value is -2.24. The van der Waals surface area contributed by atoms with Crippen molar-refractivity contribution in [2.75, 3.05) is 13.2 Å². The van der Waals surface area contributed by atoms with Gasteiger partial charge in [0.1, 0.15) is 6.10 Å². The molecular weight excluding hydrogens is 328 g/mol. The monoisotopic (exact) mass is 352 g/mol. The highest BCUT2D eigenvalue weighted by Crippen LogP contribution is 2.23. The Bertz CT molecular complexity index is 763. The van der Waals surface area contributed by atoms with E-state index in [1.54, 1.807) is 6.20 Å². The molecule has 136 valence electrons. The maximum absolute atomic E-state index is 12.7. The molecule has 1 aliphatic carbocycles. The second-order valence-corrected chi connectivity index (χ2v) is 6.95. The van der Waals surface area contributed by atoms with Gasteiger partial charge in [0, 0.05) is 18.4 Å². The predicted octanol–water partition coefficient (Wildman–Crippen LogP) is 2.67. The van der Waals surface area contributed by atoms with Gasteiger partial charge in [-0.05, 0) is 61.1 Å². The molecule has 2 aliphatic rings. The number of carbonyl (C=O) groups excluding carboxylic acids is 1. The first kappa shape index (κ1) is 17.2. The van der Waals surface area contributed by atoms with Crippen molar-refractivity contribution in [2.24, 2.45) is 0 Å². The number of carbonyl (C=O) groups is 1. The molecule has 0 saturated carbocycles. The molecule has 2 heterocycles. The molecule has 1 aromatic heterocycles. The number of fused-ring (bicyclic) bond motifs is 1. The van der Waals surface area contributed by atoms with E-state index >= 15 is 0 Å². The number of amides is 1. The summed E-state index contributed by atoms with van der Waals surface area (Å²) in [5.41, 5.74) is 4.30. The third kappa shape index (κ3) is 3.94. The normalized spacial score (nSPS) is 22.0. The first-order chi connectivity index (χ1) is 12.8. The molecule has 26 heavy (non-hydrogen) atoms. The van der Waals surface area contributed by atoms with Crippen molar-refractivity contribution in [2.45, 2.75) is 44.4 Å². The van der Waals surface area contributed by atoms with Crippen LogP contribution in [-0.2, 0) is 28.9 Å². The number of aromatic nitrogens is 1. The van der Waals surface area contributed by atoms with Crippen LogP contribution in [0, 0.1) is 0 Å². The number of ether oxygens (including phenoxy) is 2. The Morgan fingerprint density at radius 1 is 1.23 bits per heavy atom. The van der Waals surface area contributed by atoms with Crippen LogP contribution in [0.1, 0.15) is 40.0 Å². The van der Waals surface area contributed by atoms with Crippen molar-refractivity contribution >= 4 is 5.91 Å². The fourth-order valence-corrected chi connectivity index (χ4v) is 3.68. The fourth-order valence-electron chi connectivity index (χ4n) is 3.68. The van der Waals surface area contributed by atoms with E-state index in [1.165, 1.54) is 17.5 Å². The molecule has 0 unspecified atom stereocenters. The topological polar surface area (TPSA) is 60.5 Å². The van der Waals surface area contributed by atoms with E-state index in [0.29, 0.717) is 19.8 Å². The third-order valence-corrected chi connectivity index (χ3v) is 5.15. The van der Waals surface area contributed by atoms with Crippen LogP contribution in [0.3, 0.4) is 0 Å². The molecule has 1 amide bonds. The lowest BCUT2D eigenvalue weighted by Gasteiger charge is -2.32. The SMILES string of the molecule is O=C(N[C@@H]1CCOC[C@H]1OCc1ccccn1)c1ccc2c(c1)CCC2. The van der Waals surface area contributed by atoms with Crippen LogP contribution in [0.4, 0.5) is 0 Å². The molecule has 4 rings (SSSR count). The third-order valence-electron chi connectivity index (χ3n) is 5.15. The first-order valence-corrected chi connectivity index (χ1v) is 9.31. The van der Waals surface area contributed by atoms with Gasteiger partial charge in [-0.2, -0.15) is 0 Å². The average Bonchev–Trinajstić information content (AvgIpc) is 3.16. The molecule has 1 saturated heterocycles. The van der Waals surface area contributed by atoms with Gasteiger partial charge in [-0.15, -0.1) is 0 Å². The van der Waals surface area contributed by atoms with E-state index in [0.717, 1.165) is 30.5 Å². The van der Waals surface area contributed by atoms with Crippen molar-refractivity contribution in [1.29, 1.82) is 0 Å². The lowest BCUT2D eigenvalue weighted by Crippen LogP contribution is -2.50. The Morgan fingerprint density at radius 2 is 2.15 bits per heavy atom. The minimum absolute atomic E-state index is 0.0296. The molecule has 1 aliphatic heterocycles. The van der Waals surface area contributed by atoms with E-state index in [2.05, 4.69) is 16.4 Å². The number of rotatable bonds is 5. The van der Waals surface area contributed by atoms with Gasteiger partial charge < -0.3 is 14.8 Å². The fraction of sp³-hybridized carbons (Fsp3) is 0.429. The largest absolute Gasteiger partial charge is 0.379 e. The summed E-state index contributed by atoms with van der Waals surface area (Å²) in [4.78, 5) is 17.0. The van der Waals surface area contributed by atoms with E-state index in [-0.39, 0.29) is 18.1 Å². The highest BCUT2D eigenvalue weighted by atomic mass is 16.5. The number of hydrogen-bond donors (Lipinski definition) is 1. The lowest BCUT2D eigenvalue weighted by atomic mass is 10.0. The van der Waals surface area contributed by atoms with E-state index in [4.69, 9.17) is 9.47 Å². The Kier molecular flexibility index (Phi) is 5.27. The summed E-state index contributed by atoms with van der Waals surface area (Å²) >= 11 is 0. The van der Waals surface area contributed by atoms with E-state index in [9.17, 15) is 4.79 Å². The van der Waals surface area contributed by atoms with Crippen LogP contribution >= 0.6 is 0 Å². The highest BCUT2D eigenvalue weighted by Gasteiger charge is 2.28. The van der Waals surface area contributed by atoms with Gasteiger partial charge in [0.05, 0.1) is 24.9 Å².